The quantitative estimate of drug-likeness (QED) is 0.637. The van der Waals surface area contributed by atoms with Crippen molar-refractivity contribution in [3.05, 3.63) is 69.2 Å². The van der Waals surface area contributed by atoms with Crippen molar-refractivity contribution in [2.24, 2.45) is 0 Å². The van der Waals surface area contributed by atoms with Crippen LogP contribution in [0.3, 0.4) is 0 Å². The van der Waals surface area contributed by atoms with Crippen molar-refractivity contribution >= 4 is 39.7 Å². The molecule has 0 aromatic heterocycles. The SMILES string of the molecule is O=C1CCN(N2C(=O)c3ccc(CN4CCC(c5ccc(Br)cc5)CC4)cc3C2=O)C(=O)N1. The summed E-state index contributed by atoms with van der Waals surface area (Å²) in [5.74, 6) is -0.944. The van der Waals surface area contributed by atoms with Gasteiger partial charge in [0, 0.05) is 17.4 Å². The number of fused-ring (bicyclic) bond motifs is 1. The normalized spacial score (nSPS) is 19.8. The number of halogens is 1. The molecular formula is C24H23BrN4O4. The topological polar surface area (TPSA) is 90.0 Å². The summed E-state index contributed by atoms with van der Waals surface area (Å²) in [6.07, 6.45) is 2.18. The average molecular weight is 511 g/mol. The number of hydrazine groups is 1. The number of nitrogens with zero attached hydrogens (tertiary/aromatic N) is 3. The van der Waals surface area contributed by atoms with E-state index in [1.54, 1.807) is 12.1 Å². The Morgan fingerprint density at radius 2 is 1.58 bits per heavy atom. The number of likely N-dealkylation sites (tertiary alicyclic amines) is 1. The van der Waals surface area contributed by atoms with Crippen LogP contribution in [0.25, 0.3) is 0 Å². The third kappa shape index (κ3) is 4.18. The third-order valence-electron chi connectivity index (χ3n) is 6.54. The Morgan fingerprint density at radius 3 is 2.27 bits per heavy atom. The minimum atomic E-state index is -0.755. The molecule has 5 amide bonds. The number of urea groups is 1. The Morgan fingerprint density at radius 1 is 0.879 bits per heavy atom. The van der Waals surface area contributed by atoms with Gasteiger partial charge in [-0.15, -0.1) is 0 Å². The molecule has 1 N–H and O–H groups in total. The van der Waals surface area contributed by atoms with Crippen LogP contribution >= 0.6 is 15.9 Å². The van der Waals surface area contributed by atoms with Gasteiger partial charge in [-0.05, 0) is 67.2 Å². The standard InChI is InChI=1S/C24H23BrN4O4/c25-18-4-2-16(3-5-18)17-7-10-27(11-8-17)14-15-1-6-19-20(13-15)23(32)29(22(19)31)28-12-9-21(30)26-24(28)33/h1-6,13,17H,7-12,14H2,(H,26,30,33). The van der Waals surface area contributed by atoms with E-state index in [1.807, 2.05) is 6.07 Å². The van der Waals surface area contributed by atoms with Crippen LogP contribution in [0.5, 0.6) is 0 Å². The molecule has 9 heteroatoms. The first-order valence-corrected chi connectivity index (χ1v) is 11.8. The van der Waals surface area contributed by atoms with Gasteiger partial charge < -0.3 is 0 Å². The molecule has 0 atom stereocenters. The third-order valence-corrected chi connectivity index (χ3v) is 7.07. The number of piperidine rings is 1. The van der Waals surface area contributed by atoms with Gasteiger partial charge in [0.2, 0.25) is 5.91 Å². The second-order valence-corrected chi connectivity index (χ2v) is 9.55. The van der Waals surface area contributed by atoms with Crippen LogP contribution in [0.4, 0.5) is 4.79 Å². The van der Waals surface area contributed by atoms with Gasteiger partial charge in [-0.2, -0.15) is 5.01 Å². The first-order chi connectivity index (χ1) is 15.9. The summed E-state index contributed by atoms with van der Waals surface area (Å²) in [6, 6.07) is 13.0. The lowest BCUT2D eigenvalue weighted by molar-refractivity contribution is -0.122. The van der Waals surface area contributed by atoms with Gasteiger partial charge in [0.1, 0.15) is 0 Å². The maximum absolute atomic E-state index is 13.0. The highest BCUT2D eigenvalue weighted by atomic mass is 79.9. The molecule has 0 aliphatic carbocycles. The second-order valence-electron chi connectivity index (χ2n) is 8.63. The Kier molecular flexibility index (Phi) is 5.76. The molecule has 3 aliphatic rings. The number of imide groups is 2. The number of carbonyl (C=O) groups is 4. The van der Waals surface area contributed by atoms with E-state index in [4.69, 9.17) is 0 Å². The van der Waals surface area contributed by atoms with Gasteiger partial charge in [0.05, 0.1) is 17.7 Å². The van der Waals surface area contributed by atoms with Crippen molar-refractivity contribution in [1.29, 1.82) is 0 Å². The molecule has 2 fully saturated rings. The maximum atomic E-state index is 13.0. The maximum Gasteiger partial charge on any atom is 0.343 e. The fraction of sp³-hybridized carbons (Fsp3) is 0.333. The molecule has 0 bridgehead atoms. The van der Waals surface area contributed by atoms with Crippen LogP contribution in [0.15, 0.2) is 46.9 Å². The van der Waals surface area contributed by atoms with Crippen molar-refractivity contribution in [1.82, 2.24) is 20.2 Å². The molecule has 33 heavy (non-hydrogen) atoms. The minimum absolute atomic E-state index is 0.00367. The van der Waals surface area contributed by atoms with E-state index >= 15 is 0 Å². The van der Waals surface area contributed by atoms with Crippen molar-refractivity contribution < 1.29 is 19.2 Å². The fourth-order valence-corrected chi connectivity index (χ4v) is 5.02. The predicted molar refractivity (Wildman–Crippen MR) is 123 cm³/mol. The molecule has 2 saturated heterocycles. The molecule has 0 radical (unpaired) electrons. The monoisotopic (exact) mass is 510 g/mol. The highest BCUT2D eigenvalue weighted by Gasteiger charge is 2.43. The number of amides is 5. The molecular weight excluding hydrogens is 488 g/mol. The van der Waals surface area contributed by atoms with Crippen molar-refractivity contribution in [3.8, 4) is 0 Å². The van der Waals surface area contributed by atoms with Gasteiger partial charge in [-0.1, -0.05) is 34.1 Å². The number of nitrogens with one attached hydrogen (secondary N) is 1. The number of hydrogen-bond donors (Lipinski definition) is 1. The van der Waals surface area contributed by atoms with Gasteiger partial charge >= 0.3 is 6.03 Å². The summed E-state index contributed by atoms with van der Waals surface area (Å²) >= 11 is 3.48. The predicted octanol–water partition coefficient (Wildman–Crippen LogP) is 3.28. The first kappa shape index (κ1) is 21.8. The largest absolute Gasteiger partial charge is 0.343 e. The lowest BCUT2D eigenvalue weighted by atomic mass is 9.89. The van der Waals surface area contributed by atoms with Crippen LogP contribution in [0, 0.1) is 0 Å². The summed E-state index contributed by atoms with van der Waals surface area (Å²) in [5, 5.41) is 4.01. The van der Waals surface area contributed by atoms with Gasteiger partial charge in [0.25, 0.3) is 11.8 Å². The molecule has 0 unspecified atom stereocenters. The molecule has 3 aliphatic heterocycles. The van der Waals surface area contributed by atoms with Gasteiger partial charge in [0.15, 0.2) is 0 Å². The van der Waals surface area contributed by atoms with Gasteiger partial charge in [-0.3, -0.25) is 24.6 Å². The van der Waals surface area contributed by atoms with Crippen LogP contribution in [0.2, 0.25) is 0 Å². The second kappa shape index (κ2) is 8.72. The van der Waals surface area contributed by atoms with Crippen LogP contribution in [-0.2, 0) is 11.3 Å². The van der Waals surface area contributed by atoms with Crippen LogP contribution < -0.4 is 5.32 Å². The fourth-order valence-electron chi connectivity index (χ4n) is 4.76. The van der Waals surface area contributed by atoms with Gasteiger partial charge in [-0.25, -0.2) is 9.80 Å². The van der Waals surface area contributed by atoms with E-state index in [9.17, 15) is 19.2 Å². The highest BCUT2D eigenvalue weighted by molar-refractivity contribution is 9.10. The van der Waals surface area contributed by atoms with E-state index in [1.165, 1.54) is 5.56 Å². The van der Waals surface area contributed by atoms with E-state index in [0.29, 0.717) is 18.0 Å². The highest BCUT2D eigenvalue weighted by Crippen LogP contribution is 2.31. The van der Waals surface area contributed by atoms with Crippen molar-refractivity contribution in [2.45, 2.75) is 31.7 Å². The molecule has 2 aromatic carbocycles. The summed E-state index contributed by atoms with van der Waals surface area (Å²) in [6.45, 7) is 2.61. The van der Waals surface area contributed by atoms with Crippen molar-refractivity contribution in [2.75, 3.05) is 19.6 Å². The summed E-state index contributed by atoms with van der Waals surface area (Å²) in [5.41, 5.74) is 2.90. The zero-order valence-corrected chi connectivity index (χ0v) is 19.5. The first-order valence-electron chi connectivity index (χ1n) is 11.0. The minimum Gasteiger partial charge on any atom is -0.299 e. The Balaban J connectivity index is 1.25. The number of benzene rings is 2. The zero-order chi connectivity index (χ0) is 23.1. The summed E-state index contributed by atoms with van der Waals surface area (Å²) < 4.78 is 1.08. The molecule has 5 rings (SSSR count). The van der Waals surface area contributed by atoms with Crippen LogP contribution in [-0.4, -0.2) is 58.3 Å². The Hall–Kier alpha value is -3.04. The smallest absolute Gasteiger partial charge is 0.299 e. The zero-order valence-electron chi connectivity index (χ0n) is 17.9. The van der Waals surface area contributed by atoms with E-state index in [2.05, 4.69) is 50.4 Å². The lowest BCUT2D eigenvalue weighted by Crippen LogP contribution is -2.58. The molecule has 170 valence electrons. The number of rotatable bonds is 4. The molecule has 8 nitrogen and oxygen atoms in total. The molecule has 0 spiro atoms. The number of hydrogen-bond acceptors (Lipinski definition) is 5. The summed E-state index contributed by atoms with van der Waals surface area (Å²) in [7, 11) is 0. The van der Waals surface area contributed by atoms with Crippen molar-refractivity contribution in [3.63, 3.8) is 0 Å². The Labute approximate surface area is 199 Å². The molecule has 0 saturated carbocycles. The lowest BCUT2D eigenvalue weighted by Gasteiger charge is -2.32. The molecule has 2 aromatic rings. The Bertz CT molecular complexity index is 1140. The van der Waals surface area contributed by atoms with E-state index in [0.717, 1.165) is 46.0 Å². The average Bonchev–Trinajstić information content (AvgIpc) is 3.05. The number of carbonyl (C=O) groups excluding carboxylic acids is 4. The van der Waals surface area contributed by atoms with E-state index < -0.39 is 23.8 Å². The molecule has 3 heterocycles. The van der Waals surface area contributed by atoms with Crippen LogP contribution in [0.1, 0.15) is 57.0 Å². The van der Waals surface area contributed by atoms with E-state index in [-0.39, 0.29) is 18.5 Å². The summed E-state index contributed by atoms with van der Waals surface area (Å²) in [4.78, 5) is 51.7.